The third-order valence-electron chi connectivity index (χ3n) is 5.63. The fourth-order valence-corrected chi connectivity index (χ4v) is 3.62. The molecule has 0 spiro atoms. The van der Waals surface area contributed by atoms with Crippen molar-refractivity contribution in [2.24, 2.45) is 5.41 Å². The summed E-state index contributed by atoms with van der Waals surface area (Å²) in [6, 6.07) is 9.79. The van der Waals surface area contributed by atoms with Crippen LogP contribution in [0.5, 0.6) is 0 Å². The van der Waals surface area contributed by atoms with Crippen LogP contribution in [-0.4, -0.2) is 72.6 Å². The second-order valence-corrected chi connectivity index (χ2v) is 7.69. The zero-order chi connectivity index (χ0) is 18.6. The van der Waals surface area contributed by atoms with Gasteiger partial charge < -0.3 is 15.3 Å². The van der Waals surface area contributed by atoms with Gasteiger partial charge in [-0.05, 0) is 24.8 Å². The first-order chi connectivity index (χ1) is 12.5. The maximum absolute atomic E-state index is 12.6. The van der Waals surface area contributed by atoms with E-state index in [-0.39, 0.29) is 30.3 Å². The number of hydrogen-bond donors (Lipinski definition) is 2. The molecule has 26 heavy (non-hydrogen) atoms. The molecule has 0 radical (unpaired) electrons. The van der Waals surface area contributed by atoms with E-state index < -0.39 is 6.04 Å². The largest absolute Gasteiger partial charge is 0.396 e. The summed E-state index contributed by atoms with van der Waals surface area (Å²) in [7, 11) is 1.77. The van der Waals surface area contributed by atoms with Gasteiger partial charge in [0.1, 0.15) is 0 Å². The van der Waals surface area contributed by atoms with Crippen molar-refractivity contribution >= 4 is 11.8 Å². The summed E-state index contributed by atoms with van der Waals surface area (Å²) in [6.45, 7) is 2.85. The van der Waals surface area contributed by atoms with E-state index in [1.807, 2.05) is 18.2 Å². The van der Waals surface area contributed by atoms with Gasteiger partial charge in [-0.2, -0.15) is 0 Å². The van der Waals surface area contributed by atoms with E-state index in [2.05, 4.69) is 22.3 Å². The number of aliphatic hydroxyl groups is 1. The van der Waals surface area contributed by atoms with Crippen LogP contribution in [0.1, 0.15) is 24.8 Å². The van der Waals surface area contributed by atoms with Crippen LogP contribution in [0.2, 0.25) is 0 Å². The van der Waals surface area contributed by atoms with E-state index in [9.17, 15) is 14.7 Å². The third-order valence-corrected chi connectivity index (χ3v) is 5.63. The Morgan fingerprint density at radius 2 is 2.08 bits per heavy atom. The first-order valence-electron chi connectivity index (χ1n) is 9.43. The van der Waals surface area contributed by atoms with Crippen LogP contribution in [0.4, 0.5) is 0 Å². The molecule has 1 aromatic rings. The lowest BCUT2D eigenvalue weighted by Crippen LogP contribution is -2.57. The van der Waals surface area contributed by atoms with Crippen LogP contribution in [0, 0.1) is 5.41 Å². The van der Waals surface area contributed by atoms with Crippen molar-refractivity contribution in [3.8, 4) is 0 Å². The van der Waals surface area contributed by atoms with E-state index in [1.165, 1.54) is 5.56 Å². The summed E-state index contributed by atoms with van der Waals surface area (Å²) >= 11 is 0. The first kappa shape index (κ1) is 18.9. The molecule has 1 atom stereocenters. The minimum atomic E-state index is -0.410. The number of nitrogens with one attached hydrogen (secondary N) is 1. The number of nitrogens with zero attached hydrogens (tertiary/aromatic N) is 2. The van der Waals surface area contributed by atoms with Crippen LogP contribution in [0.15, 0.2) is 30.3 Å². The zero-order valence-electron chi connectivity index (χ0n) is 15.5. The van der Waals surface area contributed by atoms with Crippen molar-refractivity contribution in [2.45, 2.75) is 31.7 Å². The Hall–Kier alpha value is -1.92. The van der Waals surface area contributed by atoms with Crippen molar-refractivity contribution in [2.75, 3.05) is 39.8 Å². The van der Waals surface area contributed by atoms with Crippen LogP contribution >= 0.6 is 0 Å². The van der Waals surface area contributed by atoms with Crippen molar-refractivity contribution < 1.29 is 14.7 Å². The van der Waals surface area contributed by atoms with Gasteiger partial charge in [0.15, 0.2) is 0 Å². The maximum atomic E-state index is 12.6. The molecule has 6 heteroatoms. The molecule has 3 rings (SSSR count). The standard InChI is InChI=1S/C20H29N3O3/c1-22(14-20(15-24)8-9-20)18(25)13-17-19(26)21-10-12-23(17)11-7-16-5-3-2-4-6-16/h2-6,17,24H,7-15H2,1H3,(H,21,26)/t17-/m0/s1. The highest BCUT2D eigenvalue weighted by atomic mass is 16.3. The summed E-state index contributed by atoms with van der Waals surface area (Å²) < 4.78 is 0. The number of amides is 2. The molecule has 1 aliphatic heterocycles. The van der Waals surface area contributed by atoms with Gasteiger partial charge in [0.05, 0.1) is 19.1 Å². The Morgan fingerprint density at radius 1 is 1.35 bits per heavy atom. The van der Waals surface area contributed by atoms with E-state index >= 15 is 0 Å². The summed E-state index contributed by atoms with van der Waals surface area (Å²) in [4.78, 5) is 28.8. The van der Waals surface area contributed by atoms with Crippen LogP contribution in [0.25, 0.3) is 0 Å². The molecule has 1 aliphatic carbocycles. The molecule has 0 bridgehead atoms. The van der Waals surface area contributed by atoms with Gasteiger partial charge in [0.2, 0.25) is 11.8 Å². The van der Waals surface area contributed by atoms with Crippen molar-refractivity contribution in [1.29, 1.82) is 0 Å². The Balaban J connectivity index is 1.57. The number of carbonyl (C=O) groups is 2. The molecule has 0 aromatic heterocycles. The SMILES string of the molecule is CN(CC1(CO)CC1)C(=O)C[C@H]1C(=O)NCCN1CCc1ccccc1. The molecule has 0 unspecified atom stereocenters. The fraction of sp³-hybridized carbons (Fsp3) is 0.600. The number of aliphatic hydroxyl groups excluding tert-OH is 1. The van der Waals surface area contributed by atoms with Gasteiger partial charge >= 0.3 is 0 Å². The van der Waals surface area contributed by atoms with Gasteiger partial charge in [-0.15, -0.1) is 0 Å². The number of rotatable bonds is 8. The normalized spacial score (nSPS) is 21.9. The van der Waals surface area contributed by atoms with Crippen molar-refractivity contribution in [3.05, 3.63) is 35.9 Å². The highest BCUT2D eigenvalue weighted by Gasteiger charge is 2.44. The summed E-state index contributed by atoms with van der Waals surface area (Å²) in [6.07, 6.45) is 2.99. The molecular weight excluding hydrogens is 330 g/mol. The Kier molecular flexibility index (Phi) is 5.94. The smallest absolute Gasteiger partial charge is 0.237 e. The van der Waals surface area contributed by atoms with Crippen molar-refractivity contribution in [3.63, 3.8) is 0 Å². The molecular formula is C20H29N3O3. The minimum absolute atomic E-state index is 0.0310. The van der Waals surface area contributed by atoms with Gasteiger partial charge in [-0.1, -0.05) is 30.3 Å². The molecule has 2 fully saturated rings. The zero-order valence-corrected chi connectivity index (χ0v) is 15.5. The topological polar surface area (TPSA) is 72.9 Å². The highest BCUT2D eigenvalue weighted by molar-refractivity contribution is 5.88. The molecule has 2 N–H and O–H groups in total. The summed E-state index contributed by atoms with van der Waals surface area (Å²) in [5.41, 5.74) is 1.13. The highest BCUT2D eigenvalue weighted by Crippen LogP contribution is 2.45. The monoisotopic (exact) mass is 359 g/mol. The Morgan fingerprint density at radius 3 is 2.73 bits per heavy atom. The lowest BCUT2D eigenvalue weighted by atomic mass is 10.0. The van der Waals surface area contributed by atoms with Gasteiger partial charge in [0, 0.05) is 38.6 Å². The lowest BCUT2D eigenvalue weighted by Gasteiger charge is -2.35. The summed E-state index contributed by atoms with van der Waals surface area (Å²) in [5, 5.41) is 12.3. The number of benzene rings is 1. The van der Waals surface area contributed by atoms with E-state index in [1.54, 1.807) is 11.9 Å². The van der Waals surface area contributed by atoms with E-state index in [4.69, 9.17) is 0 Å². The number of hydrogen-bond acceptors (Lipinski definition) is 4. The molecule has 2 aliphatic rings. The molecule has 1 heterocycles. The average Bonchev–Trinajstić information content (AvgIpc) is 3.43. The Labute approximate surface area is 155 Å². The number of piperazine rings is 1. The van der Waals surface area contributed by atoms with Gasteiger partial charge in [-0.3, -0.25) is 14.5 Å². The predicted octanol–water partition coefficient (Wildman–Crippen LogP) is 0.651. The van der Waals surface area contributed by atoms with Crippen LogP contribution < -0.4 is 5.32 Å². The van der Waals surface area contributed by atoms with E-state index in [0.717, 1.165) is 32.4 Å². The summed E-state index contributed by atoms with van der Waals surface area (Å²) in [5.74, 6) is -0.0918. The van der Waals surface area contributed by atoms with Crippen molar-refractivity contribution in [1.82, 2.24) is 15.1 Å². The molecule has 2 amide bonds. The average molecular weight is 359 g/mol. The molecule has 1 saturated heterocycles. The maximum Gasteiger partial charge on any atom is 0.237 e. The van der Waals surface area contributed by atoms with Gasteiger partial charge in [-0.25, -0.2) is 0 Å². The third kappa shape index (κ3) is 4.62. The minimum Gasteiger partial charge on any atom is -0.396 e. The first-order valence-corrected chi connectivity index (χ1v) is 9.43. The van der Waals surface area contributed by atoms with Crippen LogP contribution in [-0.2, 0) is 16.0 Å². The lowest BCUT2D eigenvalue weighted by molar-refractivity contribution is -0.138. The van der Waals surface area contributed by atoms with Gasteiger partial charge in [0.25, 0.3) is 0 Å². The Bertz CT molecular complexity index is 630. The fourth-order valence-electron chi connectivity index (χ4n) is 3.62. The molecule has 1 aromatic carbocycles. The number of carbonyl (C=O) groups excluding carboxylic acids is 2. The quantitative estimate of drug-likeness (QED) is 0.715. The second kappa shape index (κ2) is 8.18. The molecule has 142 valence electrons. The van der Waals surface area contributed by atoms with Crippen LogP contribution in [0.3, 0.4) is 0 Å². The predicted molar refractivity (Wildman–Crippen MR) is 99.5 cm³/mol. The molecule has 6 nitrogen and oxygen atoms in total. The van der Waals surface area contributed by atoms with E-state index in [0.29, 0.717) is 13.1 Å². The second-order valence-electron chi connectivity index (χ2n) is 7.69. The molecule has 1 saturated carbocycles.